The molecule has 0 amide bonds. The lowest BCUT2D eigenvalue weighted by molar-refractivity contribution is 1.17. The molecule has 3 heteroatoms. The maximum atomic E-state index is 2.46. The van der Waals surface area contributed by atoms with Crippen molar-refractivity contribution in [2.45, 2.75) is 0 Å². The Morgan fingerprint density at radius 3 is 1.76 bits per heavy atom. The van der Waals surface area contributed by atoms with E-state index < -0.39 is 0 Å². The number of rotatable bonds is 3. The van der Waals surface area contributed by atoms with E-state index in [9.17, 15) is 0 Å². The van der Waals surface area contributed by atoms with Gasteiger partial charge in [0.15, 0.2) is 0 Å². The number of benzene rings is 7. The molecule has 210 valence electrons. The highest BCUT2D eigenvalue weighted by Crippen LogP contribution is 2.43. The summed E-state index contributed by atoms with van der Waals surface area (Å²) in [5, 5.41) is 7.75. The van der Waals surface area contributed by atoms with Crippen molar-refractivity contribution in [2.24, 2.45) is 0 Å². The Kier molecular flexibility index (Phi) is 5.19. The first-order valence-corrected chi connectivity index (χ1v) is 16.2. The Morgan fingerprint density at radius 2 is 0.911 bits per heavy atom. The summed E-state index contributed by atoms with van der Waals surface area (Å²) < 4.78 is 7.56. The smallest absolute Gasteiger partial charge is 0.0562 e. The summed E-state index contributed by atoms with van der Waals surface area (Å²) in [6, 6.07) is 57.7. The summed E-state index contributed by atoms with van der Waals surface area (Å²) in [7, 11) is 0. The van der Waals surface area contributed by atoms with Gasteiger partial charge in [0.2, 0.25) is 0 Å². The average Bonchev–Trinajstić information content (AvgIpc) is 3.74. The van der Waals surface area contributed by atoms with Crippen LogP contribution in [0.25, 0.3) is 86.3 Å². The van der Waals surface area contributed by atoms with Crippen LogP contribution >= 0.6 is 11.3 Å². The summed E-state index contributed by atoms with van der Waals surface area (Å²) in [5.41, 5.74) is 9.65. The van der Waals surface area contributed by atoms with E-state index in [4.69, 9.17) is 0 Å². The van der Waals surface area contributed by atoms with E-state index >= 15 is 0 Å². The number of nitrogens with zero attached hydrogens (tertiary/aromatic N) is 2. The quantitative estimate of drug-likeness (QED) is 0.194. The molecule has 0 N–H and O–H groups in total. The minimum Gasteiger partial charge on any atom is -0.309 e. The van der Waals surface area contributed by atoms with Gasteiger partial charge < -0.3 is 9.13 Å². The van der Waals surface area contributed by atoms with Crippen molar-refractivity contribution in [1.29, 1.82) is 0 Å². The molecule has 3 aromatic heterocycles. The molecule has 10 rings (SSSR count). The topological polar surface area (TPSA) is 9.86 Å². The molecule has 0 saturated heterocycles. The van der Waals surface area contributed by atoms with Crippen LogP contribution in [0.2, 0.25) is 0 Å². The molecule has 3 heterocycles. The van der Waals surface area contributed by atoms with Crippen LogP contribution in [0.15, 0.2) is 158 Å². The number of hydrogen-bond acceptors (Lipinski definition) is 1. The highest BCUT2D eigenvalue weighted by molar-refractivity contribution is 7.25. The number of para-hydroxylation sites is 2. The summed E-state index contributed by atoms with van der Waals surface area (Å²) >= 11 is 1.88. The Hall–Kier alpha value is -5.64. The molecule has 0 aliphatic rings. The fourth-order valence-corrected chi connectivity index (χ4v) is 8.41. The fraction of sp³-hybridized carbons (Fsp3) is 0. The molecule has 0 saturated carbocycles. The third kappa shape index (κ3) is 3.62. The van der Waals surface area contributed by atoms with Gasteiger partial charge in [-0.2, -0.15) is 0 Å². The van der Waals surface area contributed by atoms with E-state index in [1.165, 1.54) is 80.6 Å². The summed E-state index contributed by atoms with van der Waals surface area (Å²) in [6.07, 6.45) is 0. The molecule has 10 aromatic rings. The first-order chi connectivity index (χ1) is 22.3. The Labute approximate surface area is 263 Å². The Balaban J connectivity index is 1.34. The van der Waals surface area contributed by atoms with Crippen molar-refractivity contribution in [3.05, 3.63) is 158 Å². The molecule has 0 aliphatic carbocycles. The van der Waals surface area contributed by atoms with Crippen molar-refractivity contribution in [3.8, 4) is 22.5 Å². The van der Waals surface area contributed by atoms with Crippen LogP contribution in [0.4, 0.5) is 0 Å². The second-order valence-electron chi connectivity index (χ2n) is 11.8. The fourth-order valence-electron chi connectivity index (χ4n) is 7.28. The Bertz CT molecular complexity index is 2740. The zero-order valence-electron chi connectivity index (χ0n) is 24.3. The SMILES string of the molecule is c1ccc(-c2cccc(-n3c4ccccc4c4cc5c6cc7sc8ccccc8c7cc6n(-c6ccccc6)c5cc43)c2)cc1. The zero-order valence-corrected chi connectivity index (χ0v) is 25.1. The van der Waals surface area contributed by atoms with Crippen LogP contribution in [-0.2, 0) is 0 Å². The largest absolute Gasteiger partial charge is 0.309 e. The molecule has 0 aliphatic heterocycles. The number of aromatic nitrogens is 2. The predicted molar refractivity (Wildman–Crippen MR) is 193 cm³/mol. The van der Waals surface area contributed by atoms with Gasteiger partial charge in [-0.15, -0.1) is 11.3 Å². The average molecular weight is 591 g/mol. The molecular formula is C42H26N2S. The van der Waals surface area contributed by atoms with E-state index in [-0.39, 0.29) is 0 Å². The maximum absolute atomic E-state index is 2.46. The lowest BCUT2D eigenvalue weighted by Crippen LogP contribution is -1.96. The molecule has 0 atom stereocenters. The first-order valence-electron chi connectivity index (χ1n) is 15.4. The molecule has 45 heavy (non-hydrogen) atoms. The summed E-state index contributed by atoms with van der Waals surface area (Å²) in [6.45, 7) is 0. The van der Waals surface area contributed by atoms with Crippen molar-refractivity contribution in [3.63, 3.8) is 0 Å². The molecule has 0 spiro atoms. The van der Waals surface area contributed by atoms with Crippen molar-refractivity contribution < 1.29 is 0 Å². The third-order valence-corrected chi connectivity index (χ3v) is 10.4. The molecular weight excluding hydrogens is 565 g/mol. The van der Waals surface area contributed by atoms with Gasteiger partial charge in [0.1, 0.15) is 0 Å². The van der Waals surface area contributed by atoms with Gasteiger partial charge in [-0.3, -0.25) is 0 Å². The minimum absolute atomic E-state index is 1.16. The van der Waals surface area contributed by atoms with Gasteiger partial charge in [0.05, 0.1) is 22.1 Å². The Morgan fingerprint density at radius 1 is 0.311 bits per heavy atom. The molecule has 0 radical (unpaired) electrons. The van der Waals surface area contributed by atoms with Crippen LogP contribution in [0.3, 0.4) is 0 Å². The molecule has 2 nitrogen and oxygen atoms in total. The van der Waals surface area contributed by atoms with Crippen LogP contribution in [0.1, 0.15) is 0 Å². The first kappa shape index (κ1) is 24.8. The third-order valence-electron chi connectivity index (χ3n) is 9.28. The van der Waals surface area contributed by atoms with Crippen LogP contribution in [0, 0.1) is 0 Å². The lowest BCUT2D eigenvalue weighted by Gasteiger charge is -2.11. The minimum atomic E-state index is 1.16. The lowest BCUT2D eigenvalue weighted by atomic mass is 10.1. The van der Waals surface area contributed by atoms with E-state index in [1.807, 2.05) is 11.3 Å². The van der Waals surface area contributed by atoms with E-state index in [0.717, 1.165) is 5.69 Å². The summed E-state index contributed by atoms with van der Waals surface area (Å²) in [5.74, 6) is 0. The summed E-state index contributed by atoms with van der Waals surface area (Å²) in [4.78, 5) is 0. The number of fused-ring (bicyclic) bond motifs is 9. The second kappa shape index (κ2) is 9.43. The molecule has 0 fully saturated rings. The van der Waals surface area contributed by atoms with Gasteiger partial charge >= 0.3 is 0 Å². The second-order valence-corrected chi connectivity index (χ2v) is 12.9. The number of thiophene rings is 1. The van der Waals surface area contributed by atoms with Crippen LogP contribution < -0.4 is 0 Å². The molecule has 7 aromatic carbocycles. The van der Waals surface area contributed by atoms with E-state index in [1.54, 1.807) is 0 Å². The molecule has 0 unspecified atom stereocenters. The highest BCUT2D eigenvalue weighted by atomic mass is 32.1. The van der Waals surface area contributed by atoms with Crippen LogP contribution in [-0.4, -0.2) is 9.13 Å². The monoisotopic (exact) mass is 590 g/mol. The standard InChI is InChI=1S/C42H26N2S/c1-3-12-27(13-4-1)28-14-11-17-30(22-28)44-37-20-9-7-18-31(37)33-23-34-35-25-42-36(32-19-8-10-21-41(32)45-42)24-38(35)43(40(34)26-39(33)44)29-15-5-2-6-16-29/h1-26H. The normalized spacial score (nSPS) is 12.0. The maximum Gasteiger partial charge on any atom is 0.0562 e. The van der Waals surface area contributed by atoms with E-state index in [2.05, 4.69) is 167 Å². The van der Waals surface area contributed by atoms with Crippen molar-refractivity contribution in [2.75, 3.05) is 0 Å². The van der Waals surface area contributed by atoms with Gasteiger partial charge in [-0.05, 0) is 71.8 Å². The van der Waals surface area contributed by atoms with E-state index in [0.29, 0.717) is 0 Å². The predicted octanol–water partition coefficient (Wildman–Crippen LogP) is 11.9. The van der Waals surface area contributed by atoms with Crippen LogP contribution in [0.5, 0.6) is 0 Å². The van der Waals surface area contributed by atoms with Crippen molar-refractivity contribution in [1.82, 2.24) is 9.13 Å². The van der Waals surface area contributed by atoms with Crippen molar-refractivity contribution >= 4 is 75.1 Å². The van der Waals surface area contributed by atoms with Gasteiger partial charge in [0, 0.05) is 53.1 Å². The number of hydrogen-bond donors (Lipinski definition) is 0. The van der Waals surface area contributed by atoms with Gasteiger partial charge in [-0.25, -0.2) is 0 Å². The zero-order chi connectivity index (χ0) is 29.5. The highest BCUT2D eigenvalue weighted by Gasteiger charge is 2.20. The van der Waals surface area contributed by atoms with Gasteiger partial charge in [0.25, 0.3) is 0 Å². The molecule has 0 bridgehead atoms. The van der Waals surface area contributed by atoms with Gasteiger partial charge in [-0.1, -0.05) is 97.1 Å².